The van der Waals surface area contributed by atoms with Gasteiger partial charge in [-0.05, 0) is 50.2 Å². The second-order valence-electron chi connectivity index (χ2n) is 5.71. The van der Waals surface area contributed by atoms with Gasteiger partial charge in [0.2, 0.25) is 0 Å². The Morgan fingerprint density at radius 1 is 0.923 bits per heavy atom. The average molecular weight is 359 g/mol. The summed E-state index contributed by atoms with van der Waals surface area (Å²) in [5.74, 6) is -0.223. The summed E-state index contributed by atoms with van der Waals surface area (Å²) in [5, 5.41) is 11.7. The number of hydrogen-bond donors (Lipinski definition) is 2. The van der Waals surface area contributed by atoms with Crippen LogP contribution < -0.4 is 19.5 Å². The van der Waals surface area contributed by atoms with Crippen LogP contribution in [0, 0.1) is 0 Å². The van der Waals surface area contributed by atoms with Crippen LogP contribution in [0.25, 0.3) is 0 Å². The zero-order valence-corrected chi connectivity index (χ0v) is 15.0. The number of benzene rings is 2. The molecule has 0 fully saturated rings. The largest absolute Gasteiger partial charge is 0.495 e. The third-order valence-corrected chi connectivity index (χ3v) is 3.49. The Kier molecular flexibility index (Phi) is 6.06. The fourth-order valence-electron chi connectivity index (χ4n) is 2.28. The van der Waals surface area contributed by atoms with Crippen LogP contribution in [-0.4, -0.2) is 37.3 Å². The second-order valence-corrected chi connectivity index (χ2v) is 5.71. The summed E-state index contributed by atoms with van der Waals surface area (Å²) in [7, 11) is 2.90. The SMILES string of the molecule is COc1cc(C(=O)O)ccc1NC(=O)c1ccc(OC(C)C)c(OC)c1. The molecule has 0 spiro atoms. The minimum Gasteiger partial charge on any atom is -0.495 e. The van der Waals surface area contributed by atoms with Crippen LogP contribution in [0.4, 0.5) is 5.69 Å². The maximum absolute atomic E-state index is 12.5. The van der Waals surface area contributed by atoms with Crippen molar-refractivity contribution >= 4 is 17.6 Å². The first-order valence-electron chi connectivity index (χ1n) is 7.93. The molecule has 2 rings (SSSR count). The average Bonchev–Trinajstić information content (AvgIpc) is 2.61. The van der Waals surface area contributed by atoms with Crippen LogP contribution in [0.5, 0.6) is 17.2 Å². The van der Waals surface area contributed by atoms with Crippen molar-refractivity contribution in [3.63, 3.8) is 0 Å². The highest BCUT2D eigenvalue weighted by molar-refractivity contribution is 6.05. The maximum Gasteiger partial charge on any atom is 0.335 e. The lowest BCUT2D eigenvalue weighted by atomic mass is 10.1. The van der Waals surface area contributed by atoms with Crippen molar-refractivity contribution < 1.29 is 28.9 Å². The predicted octanol–water partition coefficient (Wildman–Crippen LogP) is 3.44. The number of carbonyl (C=O) groups excluding carboxylic acids is 1. The number of anilines is 1. The molecule has 0 radical (unpaired) electrons. The van der Waals surface area contributed by atoms with E-state index in [9.17, 15) is 9.59 Å². The fourth-order valence-corrected chi connectivity index (χ4v) is 2.28. The van der Waals surface area contributed by atoms with E-state index < -0.39 is 5.97 Å². The molecule has 1 amide bonds. The zero-order valence-electron chi connectivity index (χ0n) is 15.0. The van der Waals surface area contributed by atoms with Crippen LogP contribution in [0.3, 0.4) is 0 Å². The van der Waals surface area contributed by atoms with Gasteiger partial charge in [0.25, 0.3) is 5.91 Å². The number of carbonyl (C=O) groups is 2. The van der Waals surface area contributed by atoms with Gasteiger partial charge in [-0.25, -0.2) is 4.79 Å². The first-order valence-corrected chi connectivity index (χ1v) is 7.93. The standard InChI is InChI=1S/C19H21NO6/c1-11(2)26-15-8-6-12(9-17(15)25-4)18(21)20-14-7-5-13(19(22)23)10-16(14)24-3/h5-11H,1-4H3,(H,20,21)(H,22,23). The fraction of sp³-hybridized carbons (Fsp3) is 0.263. The van der Waals surface area contributed by atoms with Crippen LogP contribution in [0.2, 0.25) is 0 Å². The lowest BCUT2D eigenvalue weighted by molar-refractivity contribution is 0.0696. The summed E-state index contributed by atoms with van der Waals surface area (Å²) in [4.78, 5) is 23.6. The number of carboxylic acid groups (broad SMARTS) is 1. The molecule has 0 heterocycles. The number of aromatic carboxylic acids is 1. The molecule has 2 aromatic rings. The molecule has 0 aliphatic heterocycles. The van der Waals surface area contributed by atoms with Crippen LogP contribution in [0.1, 0.15) is 34.6 Å². The van der Waals surface area contributed by atoms with E-state index in [1.165, 1.54) is 32.4 Å². The van der Waals surface area contributed by atoms with Gasteiger partial charge in [0.05, 0.1) is 31.6 Å². The van der Waals surface area contributed by atoms with Crippen molar-refractivity contribution in [1.82, 2.24) is 0 Å². The van der Waals surface area contributed by atoms with Gasteiger partial charge in [-0.15, -0.1) is 0 Å². The molecule has 2 N–H and O–H groups in total. The highest BCUT2D eigenvalue weighted by Crippen LogP contribution is 2.30. The first kappa shape index (κ1) is 19.1. The van der Waals surface area contributed by atoms with E-state index in [-0.39, 0.29) is 23.3 Å². The Labute approximate surface area is 151 Å². The summed E-state index contributed by atoms with van der Waals surface area (Å²) < 4.78 is 16.1. The lowest BCUT2D eigenvalue weighted by Gasteiger charge is -2.15. The van der Waals surface area contributed by atoms with E-state index in [2.05, 4.69) is 5.32 Å². The summed E-state index contributed by atoms with van der Waals surface area (Å²) in [6.45, 7) is 3.79. The van der Waals surface area contributed by atoms with Gasteiger partial charge < -0.3 is 24.6 Å². The number of ether oxygens (including phenoxy) is 3. The highest BCUT2D eigenvalue weighted by atomic mass is 16.5. The minimum absolute atomic E-state index is 0.0272. The summed E-state index contributed by atoms with van der Waals surface area (Å²) in [6.07, 6.45) is -0.0272. The highest BCUT2D eigenvalue weighted by Gasteiger charge is 2.15. The molecule has 2 aromatic carbocycles. The molecule has 0 aromatic heterocycles. The van der Waals surface area contributed by atoms with E-state index in [1.54, 1.807) is 18.2 Å². The second kappa shape index (κ2) is 8.24. The number of nitrogens with one attached hydrogen (secondary N) is 1. The van der Waals surface area contributed by atoms with Gasteiger partial charge in [-0.1, -0.05) is 0 Å². The molecular formula is C19H21NO6. The van der Waals surface area contributed by atoms with Crippen molar-refractivity contribution in [2.24, 2.45) is 0 Å². The van der Waals surface area contributed by atoms with Gasteiger partial charge in [0, 0.05) is 5.56 Å². The van der Waals surface area contributed by atoms with Crippen LogP contribution in [0.15, 0.2) is 36.4 Å². The molecule has 7 nitrogen and oxygen atoms in total. The molecule has 7 heteroatoms. The Hall–Kier alpha value is -3.22. The van der Waals surface area contributed by atoms with Gasteiger partial charge in [0.1, 0.15) is 5.75 Å². The number of hydrogen-bond acceptors (Lipinski definition) is 5. The van der Waals surface area contributed by atoms with Gasteiger partial charge in [-0.3, -0.25) is 4.79 Å². The smallest absolute Gasteiger partial charge is 0.335 e. The normalized spacial score (nSPS) is 10.3. The van der Waals surface area contributed by atoms with Gasteiger partial charge in [0.15, 0.2) is 11.5 Å². The Balaban J connectivity index is 2.26. The molecule has 26 heavy (non-hydrogen) atoms. The van der Waals surface area contributed by atoms with Gasteiger partial charge in [-0.2, -0.15) is 0 Å². The molecule has 0 unspecified atom stereocenters. The quantitative estimate of drug-likeness (QED) is 0.786. The van der Waals surface area contributed by atoms with E-state index in [0.29, 0.717) is 22.7 Å². The van der Waals surface area contributed by atoms with Crippen molar-refractivity contribution in [2.45, 2.75) is 20.0 Å². The Bertz CT molecular complexity index is 816. The number of carboxylic acids is 1. The maximum atomic E-state index is 12.5. The molecule has 0 saturated heterocycles. The number of amides is 1. The summed E-state index contributed by atoms with van der Waals surface area (Å²) >= 11 is 0. The summed E-state index contributed by atoms with van der Waals surface area (Å²) in [5.41, 5.74) is 0.794. The first-order chi connectivity index (χ1) is 12.3. The zero-order chi connectivity index (χ0) is 19.3. The number of methoxy groups -OCH3 is 2. The van der Waals surface area contributed by atoms with Crippen molar-refractivity contribution in [3.8, 4) is 17.2 Å². The van der Waals surface area contributed by atoms with E-state index in [4.69, 9.17) is 19.3 Å². The molecule has 0 atom stereocenters. The van der Waals surface area contributed by atoms with E-state index in [1.807, 2.05) is 13.8 Å². The third-order valence-electron chi connectivity index (χ3n) is 3.49. The molecule has 0 aliphatic carbocycles. The number of rotatable bonds is 7. The molecule has 138 valence electrons. The molecular weight excluding hydrogens is 338 g/mol. The van der Waals surface area contributed by atoms with E-state index >= 15 is 0 Å². The van der Waals surface area contributed by atoms with E-state index in [0.717, 1.165) is 0 Å². The minimum atomic E-state index is -1.08. The van der Waals surface area contributed by atoms with Crippen molar-refractivity contribution in [1.29, 1.82) is 0 Å². The topological polar surface area (TPSA) is 94.1 Å². The van der Waals surface area contributed by atoms with Gasteiger partial charge >= 0.3 is 5.97 Å². The summed E-state index contributed by atoms with van der Waals surface area (Å²) in [6, 6.07) is 9.07. The molecule has 0 saturated carbocycles. The Morgan fingerprint density at radius 3 is 2.12 bits per heavy atom. The van der Waals surface area contributed by atoms with Crippen molar-refractivity contribution in [2.75, 3.05) is 19.5 Å². The van der Waals surface area contributed by atoms with Crippen LogP contribution in [-0.2, 0) is 0 Å². The molecule has 0 aliphatic rings. The lowest BCUT2D eigenvalue weighted by Crippen LogP contribution is -2.14. The molecule has 0 bridgehead atoms. The van der Waals surface area contributed by atoms with Crippen molar-refractivity contribution in [3.05, 3.63) is 47.5 Å². The van der Waals surface area contributed by atoms with Crippen LogP contribution >= 0.6 is 0 Å². The monoisotopic (exact) mass is 359 g/mol. The predicted molar refractivity (Wildman–Crippen MR) is 96.7 cm³/mol. The Morgan fingerprint density at radius 2 is 1.54 bits per heavy atom. The third kappa shape index (κ3) is 4.44.